The minimum absolute atomic E-state index is 0.302. The van der Waals surface area contributed by atoms with E-state index in [2.05, 4.69) is 25.9 Å². The Balaban J connectivity index is 2.87. The second-order valence-electron chi connectivity index (χ2n) is 2.33. The minimum atomic E-state index is 0.302. The second-order valence-corrected chi connectivity index (χ2v) is 4.66. The van der Waals surface area contributed by atoms with Crippen molar-refractivity contribution < 1.29 is 0 Å². The summed E-state index contributed by atoms with van der Waals surface area (Å²) in [6, 6.07) is 0. The first kappa shape index (κ1) is 8.41. The van der Waals surface area contributed by atoms with Gasteiger partial charge in [-0.25, -0.2) is 9.97 Å². The molecule has 0 amide bonds. The van der Waals surface area contributed by atoms with Gasteiger partial charge >= 0.3 is 0 Å². The van der Waals surface area contributed by atoms with Gasteiger partial charge in [-0.05, 0) is 34.5 Å². The van der Waals surface area contributed by atoms with E-state index in [1.54, 1.807) is 17.5 Å². The van der Waals surface area contributed by atoms with Gasteiger partial charge in [0, 0.05) is 20.9 Å². The maximum absolute atomic E-state index is 5.65. The molecule has 0 atom stereocenters. The van der Waals surface area contributed by atoms with Gasteiger partial charge < -0.3 is 0 Å². The fourth-order valence-corrected chi connectivity index (χ4v) is 2.69. The molecule has 2 nitrogen and oxygen atoms in total. The lowest BCUT2D eigenvalue weighted by molar-refractivity contribution is 1.23. The molecule has 2 rings (SSSR count). The second kappa shape index (κ2) is 2.94. The summed E-state index contributed by atoms with van der Waals surface area (Å²) in [7, 11) is 0. The number of hydrogen-bond acceptors (Lipinski definition) is 3. The normalized spacial score (nSPS) is 10.9. The molecular weight excluding hydrogens is 260 g/mol. The van der Waals surface area contributed by atoms with Crippen LogP contribution in [0, 0.1) is 6.92 Å². The van der Waals surface area contributed by atoms with Crippen LogP contribution < -0.4 is 0 Å². The Bertz CT molecular complexity index is 440. The molecule has 2 heterocycles. The van der Waals surface area contributed by atoms with Crippen LogP contribution in [-0.2, 0) is 0 Å². The molecule has 62 valence electrons. The Morgan fingerprint density at radius 3 is 3.08 bits per heavy atom. The summed E-state index contributed by atoms with van der Waals surface area (Å²) in [4.78, 5) is 10.1. The Hall–Kier alpha value is -0.190. The van der Waals surface area contributed by atoms with Crippen molar-refractivity contribution in [2.24, 2.45) is 0 Å². The molecule has 0 radical (unpaired) electrons. The van der Waals surface area contributed by atoms with Gasteiger partial charge in [0.15, 0.2) is 0 Å². The Labute approximate surface area is 86.7 Å². The summed E-state index contributed by atoms with van der Waals surface area (Å²) in [6.45, 7) is 2.03. The molecule has 0 saturated carbocycles. The zero-order chi connectivity index (χ0) is 8.72. The average molecular weight is 264 g/mol. The summed E-state index contributed by atoms with van der Waals surface area (Å²) in [6.07, 6.45) is 1.73. The van der Waals surface area contributed by atoms with E-state index < -0.39 is 0 Å². The predicted octanol–water partition coefficient (Wildman–Crippen LogP) is 3.42. The zero-order valence-corrected chi connectivity index (χ0v) is 9.29. The molecule has 0 aliphatic rings. The van der Waals surface area contributed by atoms with Gasteiger partial charge in [-0.2, -0.15) is 0 Å². The highest BCUT2D eigenvalue weighted by molar-refractivity contribution is 9.10. The molecule has 5 heteroatoms. The number of fused-ring (bicyclic) bond motifs is 1. The Morgan fingerprint density at radius 1 is 1.58 bits per heavy atom. The van der Waals surface area contributed by atoms with Crippen molar-refractivity contribution in [2.75, 3.05) is 0 Å². The molecule has 0 aliphatic heterocycles. The van der Waals surface area contributed by atoms with Crippen LogP contribution in [0.15, 0.2) is 10.7 Å². The van der Waals surface area contributed by atoms with Gasteiger partial charge in [0.05, 0.1) is 0 Å². The molecule has 0 aliphatic carbocycles. The standard InChI is InChI=1S/C7H4BrClN2S/c1-3-5(8)4-2-10-7(9)11-6(4)12-3/h2H,1H3. The van der Waals surface area contributed by atoms with E-state index in [0.717, 1.165) is 14.7 Å². The SMILES string of the molecule is Cc1sc2nc(Cl)ncc2c1Br. The third-order valence-corrected chi connectivity index (χ3v) is 4.00. The van der Waals surface area contributed by atoms with Crippen molar-refractivity contribution in [1.29, 1.82) is 0 Å². The van der Waals surface area contributed by atoms with Crippen LogP contribution in [0.25, 0.3) is 10.2 Å². The molecule has 0 spiro atoms. The van der Waals surface area contributed by atoms with E-state index in [4.69, 9.17) is 11.6 Å². The molecular formula is C7H4BrClN2S. The largest absolute Gasteiger partial charge is 0.226 e. The first-order valence-corrected chi connectivity index (χ1v) is 5.24. The highest BCUT2D eigenvalue weighted by Crippen LogP contribution is 2.33. The van der Waals surface area contributed by atoms with E-state index in [1.807, 2.05) is 6.92 Å². The number of hydrogen-bond donors (Lipinski definition) is 0. The van der Waals surface area contributed by atoms with E-state index in [9.17, 15) is 0 Å². The van der Waals surface area contributed by atoms with Crippen molar-refractivity contribution in [3.05, 3.63) is 20.8 Å². The average Bonchev–Trinajstić information content (AvgIpc) is 2.28. The molecule has 0 aromatic carbocycles. The predicted molar refractivity (Wildman–Crippen MR) is 54.9 cm³/mol. The van der Waals surface area contributed by atoms with Crippen LogP contribution in [-0.4, -0.2) is 9.97 Å². The Kier molecular flexibility index (Phi) is 2.06. The zero-order valence-electron chi connectivity index (χ0n) is 6.14. The molecule has 2 aromatic rings. The number of aryl methyl sites for hydroxylation is 1. The van der Waals surface area contributed by atoms with Crippen molar-refractivity contribution in [3.8, 4) is 0 Å². The van der Waals surface area contributed by atoms with Crippen LogP contribution >= 0.6 is 38.9 Å². The first-order chi connectivity index (χ1) is 5.68. The van der Waals surface area contributed by atoms with Crippen molar-refractivity contribution in [3.63, 3.8) is 0 Å². The maximum Gasteiger partial charge on any atom is 0.223 e. The molecule has 0 unspecified atom stereocenters. The summed E-state index contributed by atoms with van der Waals surface area (Å²) in [5.41, 5.74) is 0. The molecule has 0 N–H and O–H groups in total. The quantitative estimate of drug-likeness (QED) is 0.681. The van der Waals surface area contributed by atoms with Crippen LogP contribution in [0.4, 0.5) is 0 Å². The van der Waals surface area contributed by atoms with Crippen molar-refractivity contribution in [1.82, 2.24) is 9.97 Å². The molecule has 0 bridgehead atoms. The molecule has 0 fully saturated rings. The molecule has 2 aromatic heterocycles. The monoisotopic (exact) mass is 262 g/mol. The van der Waals surface area contributed by atoms with Crippen molar-refractivity contribution >= 4 is 49.1 Å². The summed E-state index contributed by atoms with van der Waals surface area (Å²) >= 11 is 10.7. The van der Waals surface area contributed by atoms with Crippen molar-refractivity contribution in [2.45, 2.75) is 6.92 Å². The first-order valence-electron chi connectivity index (χ1n) is 3.25. The Morgan fingerprint density at radius 2 is 2.33 bits per heavy atom. The highest BCUT2D eigenvalue weighted by Gasteiger charge is 2.07. The fraction of sp³-hybridized carbons (Fsp3) is 0.143. The van der Waals surface area contributed by atoms with E-state index in [1.165, 1.54) is 4.88 Å². The third kappa shape index (κ3) is 1.24. The van der Waals surface area contributed by atoms with Gasteiger partial charge in [-0.15, -0.1) is 11.3 Å². The topological polar surface area (TPSA) is 25.8 Å². The summed E-state index contributed by atoms with van der Waals surface area (Å²) in [5.74, 6) is 0. The van der Waals surface area contributed by atoms with Crippen LogP contribution in [0.3, 0.4) is 0 Å². The lowest BCUT2D eigenvalue weighted by Gasteiger charge is -1.88. The maximum atomic E-state index is 5.65. The van der Waals surface area contributed by atoms with Gasteiger partial charge in [0.1, 0.15) is 4.83 Å². The van der Waals surface area contributed by atoms with Gasteiger partial charge in [-0.3, -0.25) is 0 Å². The highest BCUT2D eigenvalue weighted by atomic mass is 79.9. The number of halogens is 2. The van der Waals surface area contributed by atoms with Gasteiger partial charge in [-0.1, -0.05) is 0 Å². The molecule has 12 heavy (non-hydrogen) atoms. The third-order valence-electron chi connectivity index (χ3n) is 1.52. The van der Waals surface area contributed by atoms with Gasteiger partial charge in [0.25, 0.3) is 0 Å². The fourth-order valence-electron chi connectivity index (χ4n) is 0.954. The van der Waals surface area contributed by atoms with Crippen LogP contribution in [0.1, 0.15) is 4.88 Å². The lowest BCUT2D eigenvalue weighted by atomic mass is 10.4. The number of aromatic nitrogens is 2. The minimum Gasteiger partial charge on any atom is -0.226 e. The van der Waals surface area contributed by atoms with Gasteiger partial charge in [0.2, 0.25) is 5.28 Å². The number of rotatable bonds is 0. The summed E-state index contributed by atoms with van der Waals surface area (Å²) in [5, 5.41) is 1.33. The van der Waals surface area contributed by atoms with E-state index in [-0.39, 0.29) is 0 Å². The summed E-state index contributed by atoms with van der Waals surface area (Å²) < 4.78 is 1.07. The number of nitrogens with zero attached hydrogens (tertiary/aromatic N) is 2. The smallest absolute Gasteiger partial charge is 0.223 e. The van der Waals surface area contributed by atoms with Crippen LogP contribution in [0.5, 0.6) is 0 Å². The molecule has 0 saturated heterocycles. The van der Waals surface area contributed by atoms with E-state index >= 15 is 0 Å². The lowest BCUT2D eigenvalue weighted by Crippen LogP contribution is -1.78. The van der Waals surface area contributed by atoms with Crippen LogP contribution in [0.2, 0.25) is 5.28 Å². The number of thiophene rings is 1. The van der Waals surface area contributed by atoms with E-state index in [0.29, 0.717) is 5.28 Å².